The molecule has 156 valence electrons. The van der Waals surface area contributed by atoms with Crippen LogP contribution in [0.1, 0.15) is 22.5 Å². The van der Waals surface area contributed by atoms with Crippen molar-refractivity contribution in [1.82, 2.24) is 14.8 Å². The first-order chi connectivity index (χ1) is 14.6. The quantitative estimate of drug-likeness (QED) is 0.608. The van der Waals surface area contributed by atoms with Gasteiger partial charge in [0.25, 0.3) is 5.91 Å². The molecule has 0 aliphatic carbocycles. The highest BCUT2D eigenvalue weighted by atomic mass is 35.5. The number of oxazole rings is 1. The number of benzene rings is 2. The van der Waals surface area contributed by atoms with Gasteiger partial charge in [-0.3, -0.25) is 9.69 Å². The molecule has 2 aromatic carbocycles. The molecule has 0 saturated carbocycles. The number of hydrogen-bond acceptors (Lipinski definition) is 5. The van der Waals surface area contributed by atoms with Crippen LogP contribution in [0.15, 0.2) is 59.2 Å². The van der Waals surface area contributed by atoms with E-state index in [0.29, 0.717) is 29.6 Å². The summed E-state index contributed by atoms with van der Waals surface area (Å²) < 4.78 is 10.9. The Labute approximate surface area is 181 Å². The molecular weight excluding hydrogens is 402 g/mol. The number of nitrogens with zero attached hydrogens (tertiary/aromatic N) is 3. The third-order valence-electron chi connectivity index (χ3n) is 5.22. The fourth-order valence-corrected chi connectivity index (χ4v) is 3.80. The molecule has 1 aliphatic rings. The van der Waals surface area contributed by atoms with Crippen molar-refractivity contribution >= 4 is 17.5 Å². The molecule has 7 heteroatoms. The van der Waals surface area contributed by atoms with Gasteiger partial charge in [-0.25, -0.2) is 4.98 Å². The van der Waals surface area contributed by atoms with E-state index >= 15 is 0 Å². The van der Waals surface area contributed by atoms with Gasteiger partial charge in [0.15, 0.2) is 0 Å². The van der Waals surface area contributed by atoms with Crippen molar-refractivity contribution < 1.29 is 13.9 Å². The Morgan fingerprint density at radius 1 is 1.13 bits per heavy atom. The van der Waals surface area contributed by atoms with Crippen LogP contribution in [0.3, 0.4) is 0 Å². The van der Waals surface area contributed by atoms with Crippen LogP contribution in [0, 0.1) is 0 Å². The Hall–Kier alpha value is -2.83. The predicted molar refractivity (Wildman–Crippen MR) is 116 cm³/mol. The maximum atomic E-state index is 12.8. The van der Waals surface area contributed by atoms with Crippen LogP contribution >= 0.6 is 11.6 Å². The van der Waals surface area contributed by atoms with Gasteiger partial charge in [-0.15, -0.1) is 0 Å². The summed E-state index contributed by atoms with van der Waals surface area (Å²) in [5.74, 6) is 1.43. The molecule has 0 unspecified atom stereocenters. The van der Waals surface area contributed by atoms with Crippen LogP contribution < -0.4 is 4.74 Å². The molecule has 0 bridgehead atoms. The number of hydrogen-bond donors (Lipinski definition) is 0. The zero-order chi connectivity index (χ0) is 20.9. The highest BCUT2D eigenvalue weighted by Crippen LogP contribution is 2.22. The summed E-state index contributed by atoms with van der Waals surface area (Å²) in [6.45, 7) is 3.80. The van der Waals surface area contributed by atoms with E-state index in [1.165, 1.54) is 0 Å². The highest BCUT2D eigenvalue weighted by Gasteiger charge is 2.21. The van der Waals surface area contributed by atoms with Crippen molar-refractivity contribution in [3.8, 4) is 17.2 Å². The molecule has 1 fully saturated rings. The zero-order valence-corrected chi connectivity index (χ0v) is 17.6. The van der Waals surface area contributed by atoms with Crippen LogP contribution in [-0.2, 0) is 6.54 Å². The number of carbonyl (C=O) groups is 1. The molecule has 1 aliphatic heterocycles. The number of ether oxygens (including phenoxy) is 1. The number of aromatic nitrogens is 1. The largest absolute Gasteiger partial charge is 0.497 e. The Kier molecular flexibility index (Phi) is 6.35. The average Bonchev–Trinajstić information content (AvgIpc) is 3.11. The van der Waals surface area contributed by atoms with E-state index in [0.717, 1.165) is 43.1 Å². The van der Waals surface area contributed by atoms with E-state index in [-0.39, 0.29) is 5.91 Å². The van der Waals surface area contributed by atoms with Gasteiger partial charge in [0.2, 0.25) is 5.89 Å². The minimum atomic E-state index is 0.0302. The molecule has 0 N–H and O–H groups in total. The Morgan fingerprint density at radius 2 is 1.97 bits per heavy atom. The molecule has 4 rings (SSSR count). The number of halogens is 1. The second kappa shape index (κ2) is 9.32. The minimum Gasteiger partial charge on any atom is -0.497 e. The zero-order valence-electron chi connectivity index (χ0n) is 16.9. The van der Waals surface area contributed by atoms with Crippen molar-refractivity contribution in [2.24, 2.45) is 0 Å². The summed E-state index contributed by atoms with van der Waals surface area (Å²) in [6, 6.07) is 14.8. The minimum absolute atomic E-state index is 0.0302. The van der Waals surface area contributed by atoms with Crippen LogP contribution in [0.2, 0.25) is 5.02 Å². The molecular formula is C23H24ClN3O3. The van der Waals surface area contributed by atoms with E-state index in [1.807, 2.05) is 41.3 Å². The van der Waals surface area contributed by atoms with E-state index in [9.17, 15) is 4.79 Å². The van der Waals surface area contributed by atoms with Crippen molar-refractivity contribution in [2.75, 3.05) is 33.3 Å². The first kappa shape index (κ1) is 20.4. The average molecular weight is 426 g/mol. The molecule has 3 aromatic rings. The molecule has 0 spiro atoms. The smallest absolute Gasteiger partial charge is 0.253 e. The van der Waals surface area contributed by atoms with Crippen LogP contribution in [-0.4, -0.2) is 54.0 Å². The van der Waals surface area contributed by atoms with Gasteiger partial charge in [-0.2, -0.15) is 0 Å². The summed E-state index contributed by atoms with van der Waals surface area (Å²) in [5.41, 5.74) is 2.43. The summed E-state index contributed by atoms with van der Waals surface area (Å²) in [6.07, 6.45) is 2.62. The first-order valence-electron chi connectivity index (χ1n) is 9.98. The molecule has 2 heterocycles. The van der Waals surface area contributed by atoms with Crippen molar-refractivity contribution in [3.05, 3.63) is 71.1 Å². The normalized spacial score (nSPS) is 15.1. The second-order valence-electron chi connectivity index (χ2n) is 7.30. The SMILES string of the molecule is COc1ccc(-c2nc(CN3CCCN(C(=O)c4cccc(Cl)c4)CC3)co2)cc1. The van der Waals surface area contributed by atoms with E-state index in [1.54, 1.807) is 25.5 Å². The highest BCUT2D eigenvalue weighted by molar-refractivity contribution is 6.30. The lowest BCUT2D eigenvalue weighted by Crippen LogP contribution is -2.35. The summed E-state index contributed by atoms with van der Waals surface area (Å²) in [4.78, 5) is 21.6. The number of amides is 1. The molecule has 0 atom stereocenters. The topological polar surface area (TPSA) is 58.8 Å². The lowest BCUT2D eigenvalue weighted by atomic mass is 10.2. The number of methoxy groups -OCH3 is 1. The number of carbonyl (C=O) groups excluding carboxylic acids is 1. The molecule has 6 nitrogen and oxygen atoms in total. The van der Waals surface area contributed by atoms with Crippen LogP contribution in [0.4, 0.5) is 0 Å². The van der Waals surface area contributed by atoms with Crippen molar-refractivity contribution in [3.63, 3.8) is 0 Å². The fraction of sp³-hybridized carbons (Fsp3) is 0.304. The summed E-state index contributed by atoms with van der Waals surface area (Å²) >= 11 is 6.03. The van der Waals surface area contributed by atoms with Gasteiger partial charge in [0.05, 0.1) is 12.8 Å². The van der Waals surface area contributed by atoms with Crippen LogP contribution in [0.25, 0.3) is 11.5 Å². The first-order valence-corrected chi connectivity index (χ1v) is 10.4. The summed E-state index contributed by atoms with van der Waals surface area (Å²) in [7, 11) is 1.64. The number of rotatable bonds is 5. The Balaban J connectivity index is 1.36. The van der Waals surface area contributed by atoms with E-state index < -0.39 is 0 Å². The van der Waals surface area contributed by atoms with Gasteiger partial charge >= 0.3 is 0 Å². The second-order valence-corrected chi connectivity index (χ2v) is 7.74. The fourth-order valence-electron chi connectivity index (χ4n) is 3.61. The predicted octanol–water partition coefficient (Wildman–Crippen LogP) is 4.35. The Bertz CT molecular complexity index is 1000. The molecule has 1 aromatic heterocycles. The molecule has 1 amide bonds. The Morgan fingerprint density at radius 3 is 2.73 bits per heavy atom. The molecule has 1 saturated heterocycles. The monoisotopic (exact) mass is 425 g/mol. The maximum absolute atomic E-state index is 12.8. The van der Waals surface area contributed by atoms with Gasteiger partial charge < -0.3 is 14.1 Å². The molecule has 0 radical (unpaired) electrons. The van der Waals surface area contributed by atoms with Crippen molar-refractivity contribution in [2.45, 2.75) is 13.0 Å². The van der Waals surface area contributed by atoms with Gasteiger partial charge in [0.1, 0.15) is 12.0 Å². The molecule has 30 heavy (non-hydrogen) atoms. The van der Waals surface area contributed by atoms with E-state index in [4.69, 9.17) is 20.8 Å². The third-order valence-corrected chi connectivity index (χ3v) is 5.46. The van der Waals surface area contributed by atoms with Gasteiger partial charge in [-0.1, -0.05) is 17.7 Å². The lowest BCUT2D eigenvalue weighted by molar-refractivity contribution is 0.0761. The van der Waals surface area contributed by atoms with Gasteiger partial charge in [-0.05, 0) is 48.9 Å². The summed E-state index contributed by atoms with van der Waals surface area (Å²) in [5, 5.41) is 0.580. The lowest BCUT2D eigenvalue weighted by Gasteiger charge is -2.21. The van der Waals surface area contributed by atoms with Gasteiger partial charge in [0, 0.05) is 48.9 Å². The third kappa shape index (κ3) is 4.83. The maximum Gasteiger partial charge on any atom is 0.253 e. The van der Waals surface area contributed by atoms with Crippen molar-refractivity contribution in [1.29, 1.82) is 0 Å². The van der Waals surface area contributed by atoms with Crippen LogP contribution in [0.5, 0.6) is 5.75 Å². The van der Waals surface area contributed by atoms with E-state index in [2.05, 4.69) is 9.88 Å². The standard InChI is InChI=1S/C23H24ClN3O3/c1-29-21-8-6-17(7-9-21)22-25-20(16-30-22)15-26-10-3-11-27(13-12-26)23(28)18-4-2-5-19(24)14-18/h2,4-9,14,16H,3,10-13,15H2,1H3.